The molecule has 0 aromatic heterocycles. The van der Waals surface area contributed by atoms with Crippen LogP contribution in [0.15, 0.2) is 97.1 Å². The molecule has 0 bridgehead atoms. The lowest BCUT2D eigenvalue weighted by molar-refractivity contribution is -0.0199. The van der Waals surface area contributed by atoms with Crippen LogP contribution < -0.4 is 11.1 Å². The number of carboxylic acids is 1. The van der Waals surface area contributed by atoms with Crippen molar-refractivity contribution in [2.24, 2.45) is 5.73 Å². The number of rotatable bonds is 7. The van der Waals surface area contributed by atoms with Crippen molar-refractivity contribution < 1.29 is 33.0 Å². The molecule has 2 saturated carbocycles. The van der Waals surface area contributed by atoms with Gasteiger partial charge >= 0.3 is 5.97 Å². The van der Waals surface area contributed by atoms with Crippen LogP contribution in [-0.4, -0.2) is 104 Å². The van der Waals surface area contributed by atoms with E-state index in [-0.39, 0.29) is 28.6 Å². The maximum Gasteiger partial charge on any atom is 0.335 e. The molecule has 4 aromatic rings. The van der Waals surface area contributed by atoms with Crippen molar-refractivity contribution in [3.05, 3.63) is 142 Å². The second kappa shape index (κ2) is 22.4. The number of nitrogens with one attached hydrogen (secondary N) is 1. The molecule has 11 heteroatoms. The Labute approximate surface area is 358 Å². The standard InChI is InChI=1S/C25H27FN2O2.C15H9FO2.C10H20N2O/c26-23-6-2-1-5-21(23)10-7-20-8-11-22(12-9-20)24(29)27-19-25(13-3-4-14-25)28-15-17-30-18-16-28;16-14-4-2-1-3-12(14)8-5-11-6-9-13(10-7-11)15(17)18;11-9-10(3-1-2-4-10)12-5-7-13-8-6-12/h1-2,5-6,8-9,11-12H,3-4,13-19H2,(H,27,29);1-4,6-7,9-10H,(H,17,18);1-9,11H2. The number of nitrogens with zero attached hydrogens (tertiary/aromatic N) is 2. The Morgan fingerprint density at radius 1 is 0.607 bits per heavy atom. The van der Waals surface area contributed by atoms with E-state index in [4.69, 9.17) is 20.3 Å². The fourth-order valence-corrected chi connectivity index (χ4v) is 8.55. The van der Waals surface area contributed by atoms with E-state index in [0.29, 0.717) is 34.3 Å². The molecule has 2 aliphatic carbocycles. The number of carbonyl (C=O) groups excluding carboxylic acids is 1. The zero-order valence-corrected chi connectivity index (χ0v) is 34.8. The third kappa shape index (κ3) is 12.6. The Hall–Kier alpha value is -5.40. The molecular formula is C50H56F2N4O5. The second-order valence-electron chi connectivity index (χ2n) is 15.9. The minimum absolute atomic E-state index is 0.0601. The number of morpholine rings is 2. The fraction of sp³-hybridized carbons (Fsp3) is 0.400. The first kappa shape index (κ1) is 45.1. The number of benzene rings is 4. The van der Waals surface area contributed by atoms with Crippen molar-refractivity contribution in [1.29, 1.82) is 0 Å². The predicted octanol–water partition coefficient (Wildman–Crippen LogP) is 7.11. The summed E-state index contributed by atoms with van der Waals surface area (Å²) in [7, 11) is 0. The molecule has 2 saturated heterocycles. The summed E-state index contributed by atoms with van der Waals surface area (Å²) in [5.41, 5.74) is 9.20. The van der Waals surface area contributed by atoms with E-state index in [2.05, 4.69) is 38.8 Å². The van der Waals surface area contributed by atoms with Gasteiger partial charge in [-0.25, -0.2) is 13.6 Å². The van der Waals surface area contributed by atoms with E-state index < -0.39 is 5.97 Å². The summed E-state index contributed by atoms with van der Waals surface area (Å²) in [5, 5.41) is 11.9. The number of nitrogens with two attached hydrogens (primary N) is 1. The first-order chi connectivity index (χ1) is 29.7. The summed E-state index contributed by atoms with van der Waals surface area (Å²) in [4.78, 5) is 28.4. The van der Waals surface area contributed by atoms with Crippen molar-refractivity contribution in [3.63, 3.8) is 0 Å². The lowest BCUT2D eigenvalue weighted by Gasteiger charge is -2.43. The molecule has 0 radical (unpaired) electrons. The largest absolute Gasteiger partial charge is 0.478 e. The van der Waals surface area contributed by atoms with E-state index in [9.17, 15) is 18.4 Å². The van der Waals surface area contributed by atoms with E-state index in [1.165, 1.54) is 62.8 Å². The highest BCUT2D eigenvalue weighted by atomic mass is 19.1. The van der Waals surface area contributed by atoms with Crippen molar-refractivity contribution in [2.45, 2.75) is 62.4 Å². The van der Waals surface area contributed by atoms with Crippen LogP contribution >= 0.6 is 0 Å². The van der Waals surface area contributed by atoms with Crippen LogP contribution in [-0.2, 0) is 9.47 Å². The number of carbonyl (C=O) groups is 2. The van der Waals surface area contributed by atoms with Gasteiger partial charge in [-0.2, -0.15) is 0 Å². The highest BCUT2D eigenvalue weighted by molar-refractivity contribution is 5.94. The fourth-order valence-electron chi connectivity index (χ4n) is 8.55. The van der Waals surface area contributed by atoms with Crippen LogP contribution in [0.3, 0.4) is 0 Å². The molecule has 8 rings (SSSR count). The first-order valence-corrected chi connectivity index (χ1v) is 21.3. The monoisotopic (exact) mass is 830 g/mol. The van der Waals surface area contributed by atoms with Crippen LogP contribution in [0.5, 0.6) is 0 Å². The smallest absolute Gasteiger partial charge is 0.335 e. The van der Waals surface area contributed by atoms with E-state index in [1.807, 2.05) is 0 Å². The molecule has 2 heterocycles. The van der Waals surface area contributed by atoms with Crippen LogP contribution in [0.25, 0.3) is 0 Å². The SMILES string of the molecule is NCC1(N2CCOCC2)CCCC1.O=C(NCC1(N2CCOCC2)CCCC1)c1ccc(C#Cc2ccccc2F)cc1.O=C(O)c1ccc(C#Cc2ccccc2F)cc1. The predicted molar refractivity (Wildman–Crippen MR) is 233 cm³/mol. The van der Waals surface area contributed by atoms with Gasteiger partial charge in [0.25, 0.3) is 5.91 Å². The summed E-state index contributed by atoms with van der Waals surface area (Å²) in [6.45, 7) is 8.85. The number of ether oxygens (including phenoxy) is 2. The molecule has 0 unspecified atom stereocenters. The van der Waals surface area contributed by atoms with Gasteiger partial charge in [0.1, 0.15) is 11.6 Å². The zero-order chi connectivity index (χ0) is 42.9. The first-order valence-electron chi connectivity index (χ1n) is 21.3. The van der Waals surface area contributed by atoms with Crippen molar-refractivity contribution in [2.75, 3.05) is 65.7 Å². The molecule has 2 aliphatic heterocycles. The number of hydrogen-bond acceptors (Lipinski definition) is 7. The molecule has 4 aromatic carbocycles. The third-order valence-electron chi connectivity index (χ3n) is 12.1. The minimum Gasteiger partial charge on any atom is -0.478 e. The van der Waals surface area contributed by atoms with E-state index >= 15 is 0 Å². The number of amides is 1. The highest BCUT2D eigenvalue weighted by Crippen LogP contribution is 2.36. The van der Waals surface area contributed by atoms with E-state index in [1.54, 1.807) is 72.8 Å². The summed E-state index contributed by atoms with van der Waals surface area (Å²) >= 11 is 0. The van der Waals surface area contributed by atoms with Crippen LogP contribution in [0, 0.1) is 35.3 Å². The molecule has 9 nitrogen and oxygen atoms in total. The Bertz CT molecular complexity index is 2170. The molecule has 320 valence electrons. The van der Waals surface area contributed by atoms with Crippen molar-refractivity contribution in [3.8, 4) is 23.7 Å². The molecule has 1 amide bonds. The summed E-state index contributed by atoms with van der Waals surface area (Å²) < 4.78 is 37.8. The second-order valence-corrected chi connectivity index (χ2v) is 15.9. The number of hydrogen-bond donors (Lipinski definition) is 3. The molecular weight excluding hydrogens is 775 g/mol. The number of halogens is 2. The van der Waals surface area contributed by atoms with Crippen molar-refractivity contribution >= 4 is 11.9 Å². The average Bonchev–Trinajstić information content (AvgIpc) is 4.01. The Morgan fingerprint density at radius 2 is 1.02 bits per heavy atom. The maximum atomic E-state index is 13.7. The van der Waals surface area contributed by atoms with Crippen LogP contribution in [0.4, 0.5) is 8.78 Å². The Balaban J connectivity index is 0.000000170. The van der Waals surface area contributed by atoms with Gasteiger partial charge < -0.3 is 25.6 Å². The molecule has 61 heavy (non-hydrogen) atoms. The van der Waals surface area contributed by atoms with Gasteiger partial charge in [0.2, 0.25) is 0 Å². The van der Waals surface area contributed by atoms with Gasteiger partial charge in [0.05, 0.1) is 43.1 Å². The molecule has 4 aliphatic rings. The van der Waals surface area contributed by atoms with Gasteiger partial charge in [-0.05, 0) is 98.5 Å². The van der Waals surface area contributed by atoms with Gasteiger partial charge in [-0.1, -0.05) is 73.6 Å². The van der Waals surface area contributed by atoms with Gasteiger partial charge in [-0.3, -0.25) is 14.6 Å². The lowest BCUT2D eigenvalue weighted by atomic mass is 9.94. The van der Waals surface area contributed by atoms with Crippen LogP contribution in [0.2, 0.25) is 0 Å². The quantitative estimate of drug-likeness (QED) is 0.169. The topological polar surface area (TPSA) is 117 Å². The van der Waals surface area contributed by atoms with Gasteiger partial charge in [0, 0.05) is 67.0 Å². The summed E-state index contributed by atoms with van der Waals surface area (Å²) in [6, 6.07) is 26.0. The Kier molecular flexibility index (Phi) is 16.6. The lowest BCUT2D eigenvalue weighted by Crippen LogP contribution is -2.57. The Morgan fingerprint density at radius 3 is 1.44 bits per heavy atom. The molecule has 0 spiro atoms. The normalized spacial score (nSPS) is 18.1. The van der Waals surface area contributed by atoms with Crippen LogP contribution in [0.1, 0.15) is 94.3 Å². The highest BCUT2D eigenvalue weighted by Gasteiger charge is 2.40. The third-order valence-corrected chi connectivity index (χ3v) is 12.1. The minimum atomic E-state index is -0.983. The average molecular weight is 831 g/mol. The zero-order valence-electron chi connectivity index (χ0n) is 34.8. The summed E-state index contributed by atoms with van der Waals surface area (Å²) in [5.74, 6) is 9.54. The van der Waals surface area contributed by atoms with Gasteiger partial charge in [0.15, 0.2) is 0 Å². The number of aromatic carboxylic acids is 1. The van der Waals surface area contributed by atoms with Crippen molar-refractivity contribution in [1.82, 2.24) is 15.1 Å². The van der Waals surface area contributed by atoms with E-state index in [0.717, 1.165) is 77.6 Å². The summed E-state index contributed by atoms with van der Waals surface area (Å²) in [6.07, 6.45) is 9.97. The molecule has 4 N–H and O–H groups in total. The molecule has 0 atom stereocenters. The van der Waals surface area contributed by atoms with Gasteiger partial charge in [-0.15, -0.1) is 0 Å². The number of carboxylic acid groups (broad SMARTS) is 1. The maximum absolute atomic E-state index is 13.7. The molecule has 4 fully saturated rings.